The van der Waals surface area contributed by atoms with Crippen LogP contribution in [0.1, 0.15) is 143 Å². The van der Waals surface area contributed by atoms with Gasteiger partial charge in [-0.15, -0.1) is 0 Å². The monoisotopic (exact) mass is 630 g/mol. The van der Waals surface area contributed by atoms with E-state index < -0.39 is 12.2 Å². The summed E-state index contributed by atoms with van der Waals surface area (Å²) in [5.74, 6) is 0.144. The van der Waals surface area contributed by atoms with Gasteiger partial charge in [0.15, 0.2) is 0 Å². The molecular formula is C39H66O6. The Morgan fingerprint density at radius 2 is 1.16 bits per heavy atom. The van der Waals surface area contributed by atoms with E-state index in [1.807, 2.05) is 36.5 Å². The molecule has 45 heavy (non-hydrogen) atoms. The lowest BCUT2D eigenvalue weighted by Crippen LogP contribution is -2.25. The lowest BCUT2D eigenvalue weighted by molar-refractivity contribution is -0.152. The third-order valence-electron chi connectivity index (χ3n) is 7.28. The van der Waals surface area contributed by atoms with Gasteiger partial charge in [0.2, 0.25) is 0 Å². The second kappa shape index (κ2) is 32.9. The van der Waals surface area contributed by atoms with Crippen LogP contribution >= 0.6 is 0 Å². The van der Waals surface area contributed by atoms with E-state index in [4.69, 9.17) is 9.47 Å². The zero-order valence-electron chi connectivity index (χ0n) is 28.9. The van der Waals surface area contributed by atoms with Gasteiger partial charge in [0.05, 0.1) is 6.10 Å². The van der Waals surface area contributed by atoms with Crippen LogP contribution in [0.15, 0.2) is 60.8 Å². The Bertz CT molecular complexity index is 838. The van der Waals surface area contributed by atoms with Gasteiger partial charge >= 0.3 is 11.9 Å². The molecular weight excluding hydrogens is 564 g/mol. The third-order valence-corrected chi connectivity index (χ3v) is 7.28. The molecule has 2 N–H and O–H groups in total. The Morgan fingerprint density at radius 3 is 1.78 bits per heavy atom. The van der Waals surface area contributed by atoms with Crippen LogP contribution in [0.3, 0.4) is 0 Å². The summed E-state index contributed by atoms with van der Waals surface area (Å²) in [4.78, 5) is 23.8. The molecule has 0 bridgehead atoms. The summed E-state index contributed by atoms with van der Waals surface area (Å²) in [5, 5.41) is 19.9. The number of aliphatic hydroxyl groups is 2. The molecule has 258 valence electrons. The van der Waals surface area contributed by atoms with Crippen molar-refractivity contribution in [2.45, 2.75) is 155 Å². The quantitative estimate of drug-likeness (QED) is 0.0355. The molecule has 0 fully saturated rings. The summed E-state index contributed by atoms with van der Waals surface area (Å²) >= 11 is 0. The van der Waals surface area contributed by atoms with Crippen LogP contribution in [0, 0.1) is 5.92 Å². The molecule has 0 radical (unpaired) electrons. The van der Waals surface area contributed by atoms with Crippen LogP contribution in [-0.2, 0) is 19.1 Å². The summed E-state index contributed by atoms with van der Waals surface area (Å²) < 4.78 is 10.2. The highest BCUT2D eigenvalue weighted by Crippen LogP contribution is 2.14. The predicted molar refractivity (Wildman–Crippen MR) is 188 cm³/mol. The molecule has 6 heteroatoms. The Morgan fingerprint density at radius 1 is 0.622 bits per heavy atom. The van der Waals surface area contributed by atoms with E-state index in [0.29, 0.717) is 19.3 Å². The molecule has 0 rings (SSSR count). The number of rotatable bonds is 30. The van der Waals surface area contributed by atoms with Gasteiger partial charge < -0.3 is 19.7 Å². The predicted octanol–water partition coefficient (Wildman–Crippen LogP) is 9.66. The average molecular weight is 631 g/mol. The standard InChI is InChI=1S/C39H66O6/c1-4-5-6-7-19-24-29-36(40)30-25-20-15-12-13-17-22-27-32-39(43)45-34-37(41)33-44-38(42)31-26-21-16-11-9-8-10-14-18-23-28-35(2)3/h5-6,13,15,17,19-20,24-25,30,35-37,40-41H,4,7-12,14,16,18,21-23,26-29,31-34H2,1-3H3/b6-5-,17-13-,20-15-,24-19-,30-25+/t36?,37-/m1/s1. The van der Waals surface area contributed by atoms with Crippen molar-refractivity contribution < 1.29 is 29.3 Å². The van der Waals surface area contributed by atoms with Crippen LogP contribution in [0.2, 0.25) is 0 Å². The first-order valence-electron chi connectivity index (χ1n) is 17.8. The fraction of sp³-hybridized carbons (Fsp3) is 0.692. The second-order valence-corrected chi connectivity index (χ2v) is 12.3. The minimum atomic E-state index is -1.01. The minimum absolute atomic E-state index is 0.151. The first-order chi connectivity index (χ1) is 21.8. The minimum Gasteiger partial charge on any atom is -0.463 e. The van der Waals surface area contributed by atoms with Crippen molar-refractivity contribution in [3.8, 4) is 0 Å². The highest BCUT2D eigenvalue weighted by Gasteiger charge is 2.12. The summed E-state index contributed by atoms with van der Waals surface area (Å²) in [5.41, 5.74) is 0. The van der Waals surface area contributed by atoms with Gasteiger partial charge in [-0.25, -0.2) is 0 Å². The highest BCUT2D eigenvalue weighted by molar-refractivity contribution is 5.69. The fourth-order valence-corrected chi connectivity index (χ4v) is 4.57. The molecule has 0 amide bonds. The maximum absolute atomic E-state index is 11.9. The number of ether oxygens (including phenoxy) is 2. The van der Waals surface area contributed by atoms with Crippen molar-refractivity contribution in [1.29, 1.82) is 0 Å². The number of allylic oxidation sites excluding steroid dienone is 8. The van der Waals surface area contributed by atoms with E-state index in [-0.39, 0.29) is 31.6 Å². The lowest BCUT2D eigenvalue weighted by Gasteiger charge is -2.12. The summed E-state index contributed by atoms with van der Waals surface area (Å²) in [6, 6.07) is 0. The topological polar surface area (TPSA) is 93.1 Å². The number of esters is 2. The van der Waals surface area contributed by atoms with E-state index in [0.717, 1.165) is 50.9 Å². The maximum Gasteiger partial charge on any atom is 0.305 e. The Hall–Kier alpha value is -2.44. The molecule has 0 aromatic carbocycles. The number of carbonyl (C=O) groups excluding carboxylic acids is 2. The van der Waals surface area contributed by atoms with Gasteiger partial charge in [0.25, 0.3) is 0 Å². The zero-order valence-corrected chi connectivity index (χ0v) is 28.9. The van der Waals surface area contributed by atoms with E-state index in [2.05, 4.69) is 39.0 Å². The van der Waals surface area contributed by atoms with Gasteiger partial charge in [0.1, 0.15) is 19.3 Å². The largest absolute Gasteiger partial charge is 0.463 e. The maximum atomic E-state index is 11.9. The van der Waals surface area contributed by atoms with Crippen molar-refractivity contribution in [1.82, 2.24) is 0 Å². The molecule has 0 aliphatic heterocycles. The fourth-order valence-electron chi connectivity index (χ4n) is 4.57. The number of unbranched alkanes of at least 4 members (excludes halogenated alkanes) is 10. The molecule has 0 aliphatic carbocycles. The molecule has 6 nitrogen and oxygen atoms in total. The van der Waals surface area contributed by atoms with Gasteiger partial charge in [-0.05, 0) is 50.9 Å². The highest BCUT2D eigenvalue weighted by atomic mass is 16.6. The number of hydrogen-bond donors (Lipinski definition) is 2. The van der Waals surface area contributed by atoms with Gasteiger partial charge in [-0.3, -0.25) is 9.59 Å². The Kier molecular flexibility index (Phi) is 31.2. The smallest absolute Gasteiger partial charge is 0.305 e. The van der Waals surface area contributed by atoms with E-state index in [1.165, 1.54) is 51.4 Å². The van der Waals surface area contributed by atoms with Crippen LogP contribution in [0.25, 0.3) is 0 Å². The number of hydrogen-bond acceptors (Lipinski definition) is 6. The normalized spacial score (nSPS) is 13.7. The molecule has 0 saturated carbocycles. The molecule has 0 saturated heterocycles. The molecule has 0 aromatic rings. The van der Waals surface area contributed by atoms with Gasteiger partial charge in [0, 0.05) is 12.8 Å². The van der Waals surface area contributed by atoms with Crippen molar-refractivity contribution in [3.63, 3.8) is 0 Å². The third kappa shape index (κ3) is 34.3. The second-order valence-electron chi connectivity index (χ2n) is 12.3. The van der Waals surface area contributed by atoms with Crippen molar-refractivity contribution in [3.05, 3.63) is 60.8 Å². The average Bonchev–Trinajstić information content (AvgIpc) is 3.01. The lowest BCUT2D eigenvalue weighted by atomic mass is 10.0. The summed E-state index contributed by atoms with van der Waals surface area (Å²) in [6.07, 6.45) is 37.4. The number of aliphatic hydroxyl groups excluding tert-OH is 2. The van der Waals surface area contributed by atoms with Crippen molar-refractivity contribution in [2.24, 2.45) is 5.92 Å². The Balaban J connectivity index is 3.65. The molecule has 0 heterocycles. The molecule has 0 aromatic heterocycles. The first-order valence-corrected chi connectivity index (χ1v) is 17.8. The van der Waals surface area contributed by atoms with E-state index in [1.54, 1.807) is 6.08 Å². The first kappa shape index (κ1) is 42.6. The van der Waals surface area contributed by atoms with E-state index >= 15 is 0 Å². The Labute approximate surface area is 275 Å². The van der Waals surface area contributed by atoms with Crippen LogP contribution in [0.4, 0.5) is 0 Å². The zero-order chi connectivity index (χ0) is 33.2. The van der Waals surface area contributed by atoms with Crippen molar-refractivity contribution >= 4 is 11.9 Å². The summed E-state index contributed by atoms with van der Waals surface area (Å²) in [7, 11) is 0. The molecule has 0 spiro atoms. The van der Waals surface area contributed by atoms with Crippen LogP contribution in [0.5, 0.6) is 0 Å². The van der Waals surface area contributed by atoms with Gasteiger partial charge in [-0.1, -0.05) is 146 Å². The summed E-state index contributed by atoms with van der Waals surface area (Å²) in [6.45, 7) is 6.37. The number of carbonyl (C=O) groups is 2. The SMILES string of the molecule is CC/C=C\C/C=C\CC(O)/C=C/C=C\C/C=C\CCCC(=O)OC[C@H](O)COC(=O)CCCCCCCCCCCCC(C)C. The molecule has 1 unspecified atom stereocenters. The molecule has 0 aliphatic rings. The van der Waals surface area contributed by atoms with Crippen LogP contribution < -0.4 is 0 Å². The molecule has 2 atom stereocenters. The van der Waals surface area contributed by atoms with Crippen LogP contribution in [-0.4, -0.2) is 47.6 Å². The van der Waals surface area contributed by atoms with Crippen molar-refractivity contribution in [2.75, 3.05) is 13.2 Å². The van der Waals surface area contributed by atoms with Gasteiger partial charge in [-0.2, -0.15) is 0 Å². The van der Waals surface area contributed by atoms with E-state index in [9.17, 15) is 19.8 Å².